The standard InChI is InChI=1S/C21H22F6N4O3/c1-10(2)34-19(33)18-16-9-30(3-4-31(16)20(29-18)21(25,26)27)17(32)7-12(28)5-11-6-14(23)15(24)8-13(11)22/h6,8,10,12H,3-5,7,9,28H2,1-2H3/t12-/m1/s1. The summed E-state index contributed by atoms with van der Waals surface area (Å²) in [5.41, 5.74) is 5.01. The number of carbonyl (C=O) groups excluding carboxylic acids is 2. The molecule has 0 radical (unpaired) electrons. The first kappa shape index (κ1) is 25.5. The van der Waals surface area contributed by atoms with Crippen molar-refractivity contribution in [2.24, 2.45) is 5.73 Å². The van der Waals surface area contributed by atoms with Crippen molar-refractivity contribution in [2.75, 3.05) is 6.54 Å². The van der Waals surface area contributed by atoms with E-state index < -0.39 is 59.2 Å². The molecule has 0 saturated heterocycles. The number of benzene rings is 1. The molecule has 0 saturated carbocycles. The minimum absolute atomic E-state index is 0.115. The summed E-state index contributed by atoms with van der Waals surface area (Å²) < 4.78 is 86.4. The van der Waals surface area contributed by atoms with Crippen molar-refractivity contribution >= 4 is 11.9 Å². The van der Waals surface area contributed by atoms with Crippen molar-refractivity contribution in [3.8, 4) is 0 Å². The molecule has 2 heterocycles. The predicted molar refractivity (Wildman–Crippen MR) is 106 cm³/mol. The van der Waals surface area contributed by atoms with Gasteiger partial charge in [0.2, 0.25) is 11.7 Å². The van der Waals surface area contributed by atoms with E-state index >= 15 is 0 Å². The average Bonchev–Trinajstić information content (AvgIpc) is 3.11. The number of rotatable bonds is 6. The van der Waals surface area contributed by atoms with Gasteiger partial charge < -0.3 is 19.9 Å². The van der Waals surface area contributed by atoms with Crippen LogP contribution in [0.15, 0.2) is 12.1 Å². The van der Waals surface area contributed by atoms with Gasteiger partial charge in [-0.15, -0.1) is 0 Å². The van der Waals surface area contributed by atoms with E-state index in [1.807, 2.05) is 0 Å². The molecule has 0 aliphatic carbocycles. The first-order valence-electron chi connectivity index (χ1n) is 10.3. The summed E-state index contributed by atoms with van der Waals surface area (Å²) in [4.78, 5) is 29.7. The lowest BCUT2D eigenvalue weighted by molar-refractivity contribution is -0.148. The number of hydrogen-bond donors (Lipinski definition) is 1. The van der Waals surface area contributed by atoms with Crippen LogP contribution in [0, 0.1) is 17.5 Å². The zero-order chi connectivity index (χ0) is 25.4. The molecule has 1 aliphatic rings. The summed E-state index contributed by atoms with van der Waals surface area (Å²) in [5, 5.41) is 0. The second kappa shape index (κ2) is 9.65. The Balaban J connectivity index is 1.77. The van der Waals surface area contributed by atoms with Gasteiger partial charge in [0.25, 0.3) is 0 Å². The van der Waals surface area contributed by atoms with E-state index in [0.717, 1.165) is 4.57 Å². The van der Waals surface area contributed by atoms with Crippen LogP contribution >= 0.6 is 0 Å². The monoisotopic (exact) mass is 492 g/mol. The van der Waals surface area contributed by atoms with Crippen LogP contribution in [0.3, 0.4) is 0 Å². The van der Waals surface area contributed by atoms with E-state index in [9.17, 15) is 35.9 Å². The van der Waals surface area contributed by atoms with Crippen molar-refractivity contribution in [1.29, 1.82) is 0 Å². The van der Waals surface area contributed by atoms with Gasteiger partial charge in [0.15, 0.2) is 17.3 Å². The molecule has 13 heteroatoms. The number of ether oxygens (including phenoxy) is 1. The highest BCUT2D eigenvalue weighted by molar-refractivity contribution is 5.89. The fraction of sp³-hybridized carbons (Fsp3) is 0.476. The van der Waals surface area contributed by atoms with Crippen molar-refractivity contribution in [1.82, 2.24) is 14.5 Å². The molecule has 1 aromatic carbocycles. The van der Waals surface area contributed by atoms with Gasteiger partial charge in [-0.2, -0.15) is 13.2 Å². The third-order valence-corrected chi connectivity index (χ3v) is 5.16. The maximum absolute atomic E-state index is 13.9. The number of alkyl halides is 3. The molecule has 0 fully saturated rings. The molecule has 3 rings (SSSR count). The van der Waals surface area contributed by atoms with Gasteiger partial charge in [0.05, 0.1) is 18.3 Å². The normalized spacial score (nSPS) is 14.8. The van der Waals surface area contributed by atoms with Gasteiger partial charge in [-0.1, -0.05) is 0 Å². The van der Waals surface area contributed by atoms with Gasteiger partial charge in [-0.25, -0.2) is 22.9 Å². The smallest absolute Gasteiger partial charge is 0.449 e. The first-order valence-corrected chi connectivity index (χ1v) is 10.3. The lowest BCUT2D eigenvalue weighted by atomic mass is 10.0. The summed E-state index contributed by atoms with van der Waals surface area (Å²) in [6.07, 6.45) is -6.04. The zero-order valence-electron chi connectivity index (χ0n) is 18.3. The number of nitrogens with two attached hydrogens (primary N) is 1. The van der Waals surface area contributed by atoms with E-state index in [4.69, 9.17) is 10.5 Å². The Morgan fingerprint density at radius 1 is 1.12 bits per heavy atom. The zero-order valence-corrected chi connectivity index (χ0v) is 18.3. The number of hydrogen-bond acceptors (Lipinski definition) is 5. The third kappa shape index (κ3) is 5.51. The van der Waals surface area contributed by atoms with Crippen molar-refractivity contribution in [3.05, 3.63) is 52.4 Å². The highest BCUT2D eigenvalue weighted by atomic mass is 19.4. The number of halogens is 6. The average molecular weight is 492 g/mol. The number of aromatic nitrogens is 2. The number of imidazole rings is 1. The Hall–Kier alpha value is -3.09. The topological polar surface area (TPSA) is 90.5 Å². The number of nitrogens with zero attached hydrogens (tertiary/aromatic N) is 3. The Kier molecular flexibility index (Phi) is 7.24. The van der Waals surface area contributed by atoms with E-state index in [-0.39, 0.29) is 43.7 Å². The molecule has 2 N–H and O–H groups in total. The Labute approximate surface area is 190 Å². The van der Waals surface area contributed by atoms with E-state index in [2.05, 4.69) is 4.98 Å². The molecule has 2 aromatic rings. The number of fused-ring (bicyclic) bond motifs is 1. The van der Waals surface area contributed by atoms with Crippen LogP contribution in [0.1, 0.15) is 47.8 Å². The Morgan fingerprint density at radius 2 is 1.76 bits per heavy atom. The molecular weight excluding hydrogens is 470 g/mol. The minimum atomic E-state index is -4.83. The summed E-state index contributed by atoms with van der Waals surface area (Å²) >= 11 is 0. The minimum Gasteiger partial charge on any atom is -0.458 e. The number of carbonyl (C=O) groups is 2. The van der Waals surface area contributed by atoms with Crippen molar-refractivity contribution in [3.63, 3.8) is 0 Å². The molecule has 1 atom stereocenters. The van der Waals surface area contributed by atoms with Crippen LogP contribution in [0.5, 0.6) is 0 Å². The summed E-state index contributed by atoms with van der Waals surface area (Å²) in [6, 6.07) is 0.0515. The Morgan fingerprint density at radius 3 is 2.38 bits per heavy atom. The molecule has 0 bridgehead atoms. The van der Waals surface area contributed by atoms with Gasteiger partial charge in [0, 0.05) is 31.6 Å². The van der Waals surface area contributed by atoms with Crippen LogP contribution in [0.25, 0.3) is 0 Å². The van der Waals surface area contributed by atoms with Gasteiger partial charge in [-0.05, 0) is 31.9 Å². The molecule has 7 nitrogen and oxygen atoms in total. The molecule has 0 unspecified atom stereocenters. The lowest BCUT2D eigenvalue weighted by Crippen LogP contribution is -2.42. The third-order valence-electron chi connectivity index (χ3n) is 5.16. The SMILES string of the molecule is CC(C)OC(=O)c1nc(C(F)(F)F)n2c1CN(C(=O)C[C@H](N)Cc1cc(F)c(F)cc1F)CC2. The van der Waals surface area contributed by atoms with Gasteiger partial charge in [0.1, 0.15) is 5.82 Å². The second-order valence-electron chi connectivity index (χ2n) is 8.18. The Bertz CT molecular complexity index is 1100. The molecule has 1 amide bonds. The van der Waals surface area contributed by atoms with E-state index in [1.165, 1.54) is 18.7 Å². The van der Waals surface area contributed by atoms with Crippen LogP contribution in [-0.4, -0.2) is 45.0 Å². The molecular formula is C21H22F6N4O3. The van der Waals surface area contributed by atoms with Crippen LogP contribution in [0.2, 0.25) is 0 Å². The van der Waals surface area contributed by atoms with Crippen molar-refractivity contribution in [2.45, 2.75) is 58.1 Å². The fourth-order valence-electron chi connectivity index (χ4n) is 3.66. The summed E-state index contributed by atoms with van der Waals surface area (Å²) in [7, 11) is 0. The molecule has 1 aromatic heterocycles. The summed E-state index contributed by atoms with van der Waals surface area (Å²) in [6.45, 7) is 2.31. The lowest BCUT2D eigenvalue weighted by Gasteiger charge is -2.30. The quantitative estimate of drug-likeness (QED) is 0.380. The van der Waals surface area contributed by atoms with E-state index in [0.29, 0.717) is 12.1 Å². The first-order chi connectivity index (χ1) is 15.8. The highest BCUT2D eigenvalue weighted by Crippen LogP contribution is 2.33. The highest BCUT2D eigenvalue weighted by Gasteiger charge is 2.42. The fourth-order valence-corrected chi connectivity index (χ4v) is 3.66. The number of esters is 1. The molecule has 0 spiro atoms. The van der Waals surface area contributed by atoms with Crippen molar-refractivity contribution < 1.29 is 40.7 Å². The van der Waals surface area contributed by atoms with Crippen LogP contribution in [0.4, 0.5) is 26.3 Å². The van der Waals surface area contributed by atoms with E-state index in [1.54, 1.807) is 0 Å². The molecule has 1 aliphatic heterocycles. The maximum atomic E-state index is 13.9. The second-order valence-corrected chi connectivity index (χ2v) is 8.18. The predicted octanol–water partition coefficient (Wildman–Crippen LogP) is 3.19. The maximum Gasteiger partial charge on any atom is 0.449 e. The van der Waals surface area contributed by atoms with Gasteiger partial charge >= 0.3 is 12.1 Å². The molecule has 186 valence electrons. The number of amides is 1. The summed E-state index contributed by atoms with van der Waals surface area (Å²) in [5.74, 6) is -6.53. The molecule has 34 heavy (non-hydrogen) atoms. The van der Waals surface area contributed by atoms with Crippen LogP contribution in [-0.2, 0) is 35.2 Å². The largest absolute Gasteiger partial charge is 0.458 e. The van der Waals surface area contributed by atoms with Gasteiger partial charge in [-0.3, -0.25) is 4.79 Å². The van der Waals surface area contributed by atoms with Crippen LogP contribution < -0.4 is 5.73 Å².